The third-order valence-electron chi connectivity index (χ3n) is 6.40. The van der Waals surface area contributed by atoms with Crippen LogP contribution in [-0.4, -0.2) is 76.5 Å². The van der Waals surface area contributed by atoms with E-state index in [-0.39, 0.29) is 30.7 Å². The second-order valence-corrected chi connectivity index (χ2v) is 8.19. The van der Waals surface area contributed by atoms with Crippen molar-refractivity contribution in [2.75, 3.05) is 45.8 Å². The number of rotatable bonds is 4. The van der Waals surface area contributed by atoms with Gasteiger partial charge in [0, 0.05) is 19.6 Å². The number of aromatic nitrogens is 3. The molecule has 160 valence electrons. The first kappa shape index (κ1) is 23.4. The molecule has 3 saturated heterocycles. The zero-order chi connectivity index (χ0) is 17.9. The molecule has 7 nitrogen and oxygen atoms in total. The molecule has 3 aliphatic rings. The Morgan fingerprint density at radius 3 is 2.32 bits per heavy atom. The summed E-state index contributed by atoms with van der Waals surface area (Å²) in [5.41, 5.74) is 1.49. The number of amides is 1. The lowest BCUT2D eigenvalue weighted by Gasteiger charge is -2.33. The van der Waals surface area contributed by atoms with Crippen molar-refractivity contribution in [2.45, 2.75) is 51.5 Å². The molecule has 1 amide bonds. The summed E-state index contributed by atoms with van der Waals surface area (Å²) in [4.78, 5) is 17.5. The van der Waals surface area contributed by atoms with Crippen LogP contribution in [-0.2, 0) is 0 Å². The highest BCUT2D eigenvalue weighted by atomic mass is 35.5. The summed E-state index contributed by atoms with van der Waals surface area (Å²) in [6, 6.07) is 0.372. The van der Waals surface area contributed by atoms with Crippen LogP contribution < -0.4 is 5.32 Å². The quantitative estimate of drug-likeness (QED) is 0.790. The van der Waals surface area contributed by atoms with Crippen molar-refractivity contribution in [3.8, 4) is 0 Å². The fraction of sp³-hybridized carbons (Fsp3) is 0.842. The van der Waals surface area contributed by atoms with Gasteiger partial charge < -0.3 is 15.1 Å². The van der Waals surface area contributed by atoms with Crippen molar-refractivity contribution >= 4 is 30.7 Å². The predicted molar refractivity (Wildman–Crippen MR) is 115 cm³/mol. The van der Waals surface area contributed by atoms with Crippen LogP contribution in [0.1, 0.15) is 60.7 Å². The van der Waals surface area contributed by atoms with E-state index >= 15 is 0 Å². The van der Waals surface area contributed by atoms with E-state index in [0.717, 1.165) is 63.5 Å². The Bertz CT molecular complexity index is 620. The molecule has 0 spiro atoms. The lowest BCUT2D eigenvalue weighted by atomic mass is 9.96. The largest absolute Gasteiger partial charge is 0.337 e. The molecule has 1 aromatic heterocycles. The summed E-state index contributed by atoms with van der Waals surface area (Å²) >= 11 is 0. The number of nitrogens with one attached hydrogen (secondary N) is 1. The molecule has 9 heteroatoms. The number of carbonyl (C=O) groups excluding carboxylic acids is 1. The molecule has 4 heterocycles. The molecule has 0 bridgehead atoms. The Balaban J connectivity index is 0.00000140. The fourth-order valence-corrected chi connectivity index (χ4v) is 4.74. The van der Waals surface area contributed by atoms with E-state index in [2.05, 4.69) is 20.5 Å². The first-order valence-corrected chi connectivity index (χ1v) is 10.4. The molecular formula is C19H34Cl2N6O. The maximum absolute atomic E-state index is 13.0. The van der Waals surface area contributed by atoms with E-state index in [0.29, 0.717) is 11.7 Å². The van der Waals surface area contributed by atoms with Crippen LogP contribution in [0.15, 0.2) is 0 Å². The van der Waals surface area contributed by atoms with Crippen LogP contribution in [0.25, 0.3) is 0 Å². The van der Waals surface area contributed by atoms with E-state index < -0.39 is 0 Å². The van der Waals surface area contributed by atoms with Gasteiger partial charge in [-0.1, -0.05) is 5.21 Å². The number of likely N-dealkylation sites (tertiary alicyclic amines) is 2. The standard InChI is InChI=1S/C19H32N6O.2ClH/c1-15-18(21-22-25(15)17-4-8-20-9-5-17)19(26)24-12-6-16(7-13-24)14-23-10-2-3-11-23;;/h16-17,20H,2-14H2,1H3;2*1H. The summed E-state index contributed by atoms with van der Waals surface area (Å²) < 4.78 is 1.98. The normalized spacial score (nSPS) is 22.0. The molecule has 4 rings (SSSR count). The number of halogens is 2. The van der Waals surface area contributed by atoms with E-state index in [9.17, 15) is 4.79 Å². The molecule has 1 N–H and O–H groups in total. The average Bonchev–Trinajstić information content (AvgIpc) is 3.32. The predicted octanol–water partition coefficient (Wildman–Crippen LogP) is 2.30. The summed E-state index contributed by atoms with van der Waals surface area (Å²) in [6.45, 7) is 9.47. The van der Waals surface area contributed by atoms with Gasteiger partial charge in [-0.2, -0.15) is 0 Å². The second kappa shape index (κ2) is 10.8. The van der Waals surface area contributed by atoms with E-state index in [1.165, 1.54) is 32.5 Å². The van der Waals surface area contributed by atoms with Crippen LogP contribution in [0.2, 0.25) is 0 Å². The maximum atomic E-state index is 13.0. The average molecular weight is 433 g/mol. The van der Waals surface area contributed by atoms with Crippen molar-refractivity contribution in [2.24, 2.45) is 5.92 Å². The number of hydrogen-bond donors (Lipinski definition) is 1. The summed E-state index contributed by atoms with van der Waals surface area (Å²) in [6.07, 6.45) is 7.04. The number of hydrogen-bond acceptors (Lipinski definition) is 5. The van der Waals surface area contributed by atoms with Gasteiger partial charge in [-0.05, 0) is 77.5 Å². The topological polar surface area (TPSA) is 66.3 Å². The summed E-state index contributed by atoms with van der Waals surface area (Å²) in [5.74, 6) is 0.811. The minimum absolute atomic E-state index is 0. The van der Waals surface area contributed by atoms with Gasteiger partial charge >= 0.3 is 0 Å². The van der Waals surface area contributed by atoms with Crippen molar-refractivity contribution in [3.05, 3.63) is 11.4 Å². The van der Waals surface area contributed by atoms with Gasteiger partial charge in [0.15, 0.2) is 5.69 Å². The number of carbonyl (C=O) groups is 1. The first-order valence-electron chi connectivity index (χ1n) is 10.4. The van der Waals surface area contributed by atoms with E-state index in [4.69, 9.17) is 0 Å². The zero-order valence-corrected chi connectivity index (χ0v) is 18.4. The molecule has 0 aromatic carbocycles. The Morgan fingerprint density at radius 2 is 1.68 bits per heavy atom. The Morgan fingerprint density at radius 1 is 1.04 bits per heavy atom. The van der Waals surface area contributed by atoms with E-state index in [1.807, 2.05) is 16.5 Å². The highest BCUT2D eigenvalue weighted by Gasteiger charge is 2.29. The molecule has 0 atom stereocenters. The van der Waals surface area contributed by atoms with Gasteiger partial charge in [-0.25, -0.2) is 4.68 Å². The molecule has 28 heavy (non-hydrogen) atoms. The molecular weight excluding hydrogens is 399 g/mol. The third-order valence-corrected chi connectivity index (χ3v) is 6.40. The molecule has 1 aromatic rings. The van der Waals surface area contributed by atoms with Gasteiger partial charge in [0.05, 0.1) is 11.7 Å². The van der Waals surface area contributed by atoms with Gasteiger partial charge in [0.2, 0.25) is 0 Å². The maximum Gasteiger partial charge on any atom is 0.276 e. The molecule has 0 unspecified atom stereocenters. The molecule has 0 aliphatic carbocycles. The van der Waals surface area contributed by atoms with Gasteiger partial charge in [-0.15, -0.1) is 29.9 Å². The van der Waals surface area contributed by atoms with Gasteiger partial charge in [-0.3, -0.25) is 4.79 Å². The van der Waals surface area contributed by atoms with Gasteiger partial charge in [0.1, 0.15) is 0 Å². The summed E-state index contributed by atoms with van der Waals surface area (Å²) in [5, 5.41) is 12.0. The molecule has 0 radical (unpaired) electrons. The number of nitrogens with zero attached hydrogens (tertiary/aromatic N) is 5. The van der Waals surface area contributed by atoms with Gasteiger partial charge in [0.25, 0.3) is 5.91 Å². The van der Waals surface area contributed by atoms with E-state index in [1.54, 1.807) is 0 Å². The molecule has 3 aliphatic heterocycles. The molecule has 3 fully saturated rings. The number of piperidine rings is 2. The Kier molecular flexibility index (Phi) is 8.99. The van der Waals surface area contributed by atoms with Crippen molar-refractivity contribution in [3.63, 3.8) is 0 Å². The van der Waals surface area contributed by atoms with Crippen molar-refractivity contribution < 1.29 is 4.79 Å². The van der Waals surface area contributed by atoms with Crippen LogP contribution in [0.4, 0.5) is 0 Å². The second-order valence-electron chi connectivity index (χ2n) is 8.19. The first-order chi connectivity index (χ1) is 12.7. The fourth-order valence-electron chi connectivity index (χ4n) is 4.74. The highest BCUT2D eigenvalue weighted by molar-refractivity contribution is 5.93. The zero-order valence-electron chi connectivity index (χ0n) is 16.8. The highest BCUT2D eigenvalue weighted by Crippen LogP contribution is 2.24. The van der Waals surface area contributed by atoms with Crippen LogP contribution in [0, 0.1) is 12.8 Å². The monoisotopic (exact) mass is 432 g/mol. The summed E-state index contributed by atoms with van der Waals surface area (Å²) in [7, 11) is 0. The minimum Gasteiger partial charge on any atom is -0.337 e. The van der Waals surface area contributed by atoms with Crippen molar-refractivity contribution in [1.82, 2.24) is 30.1 Å². The van der Waals surface area contributed by atoms with Crippen molar-refractivity contribution in [1.29, 1.82) is 0 Å². The lowest BCUT2D eigenvalue weighted by molar-refractivity contribution is 0.0666. The van der Waals surface area contributed by atoms with Crippen LogP contribution >= 0.6 is 24.8 Å². The van der Waals surface area contributed by atoms with Crippen LogP contribution in [0.3, 0.4) is 0 Å². The Hall–Kier alpha value is -0.890. The minimum atomic E-state index is 0. The smallest absolute Gasteiger partial charge is 0.276 e. The van der Waals surface area contributed by atoms with Crippen LogP contribution in [0.5, 0.6) is 0 Å². The Labute approximate surface area is 180 Å². The third kappa shape index (κ3) is 5.17. The molecule has 0 saturated carbocycles. The SMILES string of the molecule is Cc1c(C(=O)N2CCC(CN3CCCC3)CC2)nnn1C1CCNCC1.Cl.Cl. The lowest BCUT2D eigenvalue weighted by Crippen LogP contribution is -2.41.